The molecule has 0 amide bonds. The van der Waals surface area contributed by atoms with Gasteiger partial charge in [-0.05, 0) is 13.8 Å². The van der Waals surface area contributed by atoms with Gasteiger partial charge in [0.1, 0.15) is 0 Å². The Morgan fingerprint density at radius 1 is 1.67 bits per heavy atom. The van der Waals surface area contributed by atoms with Crippen LogP contribution in [0.3, 0.4) is 0 Å². The summed E-state index contributed by atoms with van der Waals surface area (Å²) in [6.45, 7) is 4.86. The van der Waals surface area contributed by atoms with E-state index in [2.05, 4.69) is 5.32 Å². The third-order valence-electron chi connectivity index (χ3n) is 0.437. The molecule has 0 aromatic carbocycles. The summed E-state index contributed by atoms with van der Waals surface area (Å²) in [6.07, 6.45) is 3.73. The Kier molecular flexibility index (Phi) is 4.19. The van der Waals surface area contributed by atoms with E-state index in [1.807, 2.05) is 19.9 Å². The lowest BCUT2D eigenvalue weighted by Gasteiger charge is -1.80. The molecule has 0 unspecified atom stereocenters. The van der Waals surface area contributed by atoms with E-state index in [4.69, 9.17) is 0 Å². The highest BCUT2D eigenvalue weighted by Crippen LogP contribution is 1.62. The fourth-order valence-corrected chi connectivity index (χ4v) is 0.211. The molecule has 0 N–H and O–H groups in total. The SMILES string of the molecule is CC=C[N]CC. The van der Waals surface area contributed by atoms with Gasteiger partial charge >= 0.3 is 0 Å². The molecule has 1 nitrogen and oxygen atoms in total. The molecule has 0 fully saturated rings. The lowest BCUT2D eigenvalue weighted by Crippen LogP contribution is -1.89. The monoisotopic (exact) mass is 84.1 g/mol. The molecule has 0 saturated carbocycles. The van der Waals surface area contributed by atoms with E-state index in [1.54, 1.807) is 6.20 Å². The van der Waals surface area contributed by atoms with Crippen LogP contribution in [0.15, 0.2) is 12.3 Å². The Morgan fingerprint density at radius 2 is 2.33 bits per heavy atom. The van der Waals surface area contributed by atoms with Gasteiger partial charge in [0, 0.05) is 12.7 Å². The van der Waals surface area contributed by atoms with Crippen molar-refractivity contribution in [3.63, 3.8) is 0 Å². The molecule has 0 aromatic rings. The Hall–Kier alpha value is -0.460. The third kappa shape index (κ3) is 3.54. The van der Waals surface area contributed by atoms with Gasteiger partial charge in [0.05, 0.1) is 0 Å². The largest absolute Gasteiger partial charge is 0.294 e. The van der Waals surface area contributed by atoms with Gasteiger partial charge in [-0.1, -0.05) is 6.08 Å². The van der Waals surface area contributed by atoms with E-state index in [0.717, 1.165) is 6.54 Å². The van der Waals surface area contributed by atoms with E-state index in [1.165, 1.54) is 0 Å². The number of nitrogens with zero attached hydrogens (tertiary/aromatic N) is 1. The van der Waals surface area contributed by atoms with Crippen molar-refractivity contribution in [1.29, 1.82) is 0 Å². The lowest BCUT2D eigenvalue weighted by molar-refractivity contribution is 0.899. The number of rotatable bonds is 2. The number of hydrogen-bond acceptors (Lipinski definition) is 0. The van der Waals surface area contributed by atoms with E-state index >= 15 is 0 Å². The van der Waals surface area contributed by atoms with Gasteiger partial charge in [-0.15, -0.1) is 0 Å². The first-order valence-electron chi connectivity index (χ1n) is 2.19. The van der Waals surface area contributed by atoms with Crippen molar-refractivity contribution in [1.82, 2.24) is 5.32 Å². The summed E-state index contributed by atoms with van der Waals surface area (Å²) in [5.41, 5.74) is 0. The van der Waals surface area contributed by atoms with Crippen LogP contribution in [0.1, 0.15) is 13.8 Å². The molecule has 0 bridgehead atoms. The molecule has 0 rings (SSSR count). The van der Waals surface area contributed by atoms with Crippen molar-refractivity contribution in [3.8, 4) is 0 Å². The third-order valence-corrected chi connectivity index (χ3v) is 0.437. The maximum absolute atomic E-state index is 3.91. The number of hydrogen-bond donors (Lipinski definition) is 0. The van der Waals surface area contributed by atoms with Crippen LogP contribution in [0.5, 0.6) is 0 Å². The molecule has 0 atom stereocenters. The van der Waals surface area contributed by atoms with Crippen molar-refractivity contribution < 1.29 is 0 Å². The highest BCUT2D eigenvalue weighted by atomic mass is 14.8. The fourth-order valence-electron chi connectivity index (χ4n) is 0.211. The zero-order chi connectivity index (χ0) is 4.83. The summed E-state index contributed by atoms with van der Waals surface area (Å²) in [4.78, 5) is 0. The van der Waals surface area contributed by atoms with Crippen LogP contribution in [-0.2, 0) is 0 Å². The second kappa shape index (κ2) is 4.54. The Bertz CT molecular complexity index is 39.2. The maximum atomic E-state index is 3.91. The molecule has 35 valence electrons. The molecule has 0 saturated heterocycles. The summed E-state index contributed by atoms with van der Waals surface area (Å²) < 4.78 is 0. The Balaban J connectivity index is 2.66. The Labute approximate surface area is 39.1 Å². The van der Waals surface area contributed by atoms with E-state index in [-0.39, 0.29) is 0 Å². The highest BCUT2D eigenvalue weighted by molar-refractivity contribution is 4.71. The minimum Gasteiger partial charge on any atom is -0.294 e. The molecule has 0 spiro atoms. The molecular weight excluding hydrogens is 74.1 g/mol. The average molecular weight is 84.1 g/mol. The second-order valence-electron chi connectivity index (χ2n) is 0.981. The minimum absolute atomic E-state index is 0.893. The molecular formula is C5H10N. The second-order valence-corrected chi connectivity index (χ2v) is 0.981. The van der Waals surface area contributed by atoms with Crippen molar-refractivity contribution in [2.75, 3.05) is 6.54 Å². The highest BCUT2D eigenvalue weighted by Gasteiger charge is 1.62. The van der Waals surface area contributed by atoms with Crippen molar-refractivity contribution in [2.45, 2.75) is 13.8 Å². The van der Waals surface area contributed by atoms with E-state index < -0.39 is 0 Å². The van der Waals surface area contributed by atoms with Gasteiger partial charge < -0.3 is 0 Å². The van der Waals surface area contributed by atoms with Gasteiger partial charge in [0.2, 0.25) is 0 Å². The molecule has 0 aromatic heterocycles. The smallest absolute Gasteiger partial charge is 0.0360 e. The van der Waals surface area contributed by atoms with Crippen LogP contribution in [0.4, 0.5) is 0 Å². The maximum Gasteiger partial charge on any atom is 0.0360 e. The summed E-state index contributed by atoms with van der Waals surface area (Å²) in [5, 5.41) is 3.91. The normalized spacial score (nSPS) is 9.67. The lowest BCUT2D eigenvalue weighted by atomic mass is 10.6. The Morgan fingerprint density at radius 3 is 2.50 bits per heavy atom. The first-order chi connectivity index (χ1) is 2.91. The van der Waals surface area contributed by atoms with Crippen LogP contribution in [0, 0.1) is 0 Å². The number of allylic oxidation sites excluding steroid dienone is 1. The fraction of sp³-hybridized carbons (Fsp3) is 0.600. The summed E-state index contributed by atoms with van der Waals surface area (Å²) >= 11 is 0. The van der Waals surface area contributed by atoms with Crippen molar-refractivity contribution in [3.05, 3.63) is 12.3 Å². The van der Waals surface area contributed by atoms with E-state index in [9.17, 15) is 0 Å². The molecule has 0 aliphatic carbocycles. The van der Waals surface area contributed by atoms with Crippen LogP contribution in [0.25, 0.3) is 0 Å². The topological polar surface area (TPSA) is 14.1 Å². The quantitative estimate of drug-likeness (QED) is 0.476. The van der Waals surface area contributed by atoms with Gasteiger partial charge in [-0.2, -0.15) is 0 Å². The standard InChI is InChI=1S/C5H10N/c1-3-5-6-4-2/h3,5H,4H2,1-2H3. The predicted molar refractivity (Wildman–Crippen MR) is 27.5 cm³/mol. The van der Waals surface area contributed by atoms with Crippen LogP contribution >= 0.6 is 0 Å². The molecule has 6 heavy (non-hydrogen) atoms. The first kappa shape index (κ1) is 5.54. The molecule has 0 aliphatic heterocycles. The first-order valence-corrected chi connectivity index (χ1v) is 2.19. The van der Waals surface area contributed by atoms with Crippen molar-refractivity contribution >= 4 is 0 Å². The van der Waals surface area contributed by atoms with Crippen molar-refractivity contribution in [2.24, 2.45) is 0 Å². The molecule has 0 heterocycles. The zero-order valence-electron chi connectivity index (χ0n) is 4.31. The van der Waals surface area contributed by atoms with Crippen LogP contribution < -0.4 is 5.32 Å². The molecule has 1 heteroatoms. The van der Waals surface area contributed by atoms with Crippen LogP contribution in [-0.4, -0.2) is 6.54 Å². The predicted octanol–water partition coefficient (Wildman–Crippen LogP) is 1.14. The van der Waals surface area contributed by atoms with Crippen LogP contribution in [0.2, 0.25) is 0 Å². The van der Waals surface area contributed by atoms with Gasteiger partial charge in [-0.25, -0.2) is 0 Å². The van der Waals surface area contributed by atoms with Gasteiger partial charge in [-0.3, -0.25) is 5.32 Å². The molecule has 1 radical (unpaired) electrons. The van der Waals surface area contributed by atoms with Gasteiger partial charge in [0.15, 0.2) is 0 Å². The summed E-state index contributed by atoms with van der Waals surface area (Å²) in [7, 11) is 0. The average Bonchev–Trinajstić information content (AvgIpc) is 1.61. The minimum atomic E-state index is 0.893. The molecule has 0 aliphatic rings. The summed E-state index contributed by atoms with van der Waals surface area (Å²) in [6, 6.07) is 0. The summed E-state index contributed by atoms with van der Waals surface area (Å²) in [5.74, 6) is 0. The van der Waals surface area contributed by atoms with Gasteiger partial charge in [0.25, 0.3) is 0 Å². The van der Waals surface area contributed by atoms with E-state index in [0.29, 0.717) is 0 Å². The zero-order valence-corrected chi connectivity index (χ0v) is 4.31.